The summed E-state index contributed by atoms with van der Waals surface area (Å²) in [7, 11) is 0. The van der Waals surface area contributed by atoms with E-state index in [9.17, 15) is 4.79 Å². The minimum Gasteiger partial charge on any atom is -0.367 e. The number of pyridine rings is 1. The maximum atomic E-state index is 12.5. The number of aromatic nitrogens is 1. The van der Waals surface area contributed by atoms with Gasteiger partial charge in [0.2, 0.25) is 0 Å². The molecule has 1 amide bonds. The lowest BCUT2D eigenvalue weighted by atomic mass is 10.1. The van der Waals surface area contributed by atoms with Crippen LogP contribution < -0.4 is 10.6 Å². The van der Waals surface area contributed by atoms with Gasteiger partial charge in [-0.3, -0.25) is 4.79 Å². The average molecular weight is 281 g/mol. The smallest absolute Gasteiger partial charge is 0.259 e. The Kier molecular flexibility index (Phi) is 3.60. The molecule has 0 spiro atoms. The van der Waals surface area contributed by atoms with Crippen LogP contribution in [0.2, 0.25) is 0 Å². The van der Waals surface area contributed by atoms with E-state index in [0.717, 1.165) is 29.7 Å². The lowest BCUT2D eigenvalue weighted by Crippen LogP contribution is -2.17. The van der Waals surface area contributed by atoms with Gasteiger partial charge >= 0.3 is 0 Å². The Labute approximate surface area is 124 Å². The van der Waals surface area contributed by atoms with Crippen LogP contribution in [0.25, 0.3) is 0 Å². The number of hydrogen-bond donors (Lipinski definition) is 2. The molecule has 1 fully saturated rings. The monoisotopic (exact) mass is 281 g/mol. The first kappa shape index (κ1) is 13.6. The van der Waals surface area contributed by atoms with E-state index in [2.05, 4.69) is 15.6 Å². The molecule has 1 heterocycles. The number of anilines is 2. The van der Waals surface area contributed by atoms with Crippen LogP contribution in [-0.4, -0.2) is 16.9 Å². The fraction of sp³-hybridized carbons (Fsp3) is 0.294. The van der Waals surface area contributed by atoms with E-state index in [1.807, 2.05) is 32.0 Å². The minimum atomic E-state index is -0.125. The van der Waals surface area contributed by atoms with E-state index in [0.29, 0.717) is 17.4 Å². The number of nitrogens with one attached hydrogen (secondary N) is 2. The maximum Gasteiger partial charge on any atom is 0.259 e. The van der Waals surface area contributed by atoms with Crippen molar-refractivity contribution in [3.63, 3.8) is 0 Å². The Hall–Kier alpha value is -2.36. The Bertz CT molecular complexity index is 677. The number of benzene rings is 1. The van der Waals surface area contributed by atoms with Crippen molar-refractivity contribution in [2.75, 3.05) is 10.6 Å². The highest BCUT2D eigenvalue weighted by atomic mass is 16.1. The van der Waals surface area contributed by atoms with Gasteiger partial charge in [0.1, 0.15) is 5.82 Å². The zero-order chi connectivity index (χ0) is 14.8. The second kappa shape index (κ2) is 5.56. The van der Waals surface area contributed by atoms with Crippen molar-refractivity contribution >= 4 is 17.4 Å². The largest absolute Gasteiger partial charge is 0.367 e. The molecule has 1 saturated carbocycles. The molecular weight excluding hydrogens is 262 g/mol. The van der Waals surface area contributed by atoms with E-state index in [1.165, 1.54) is 0 Å². The molecule has 0 bridgehead atoms. The van der Waals surface area contributed by atoms with Gasteiger partial charge in [-0.05, 0) is 56.0 Å². The highest BCUT2D eigenvalue weighted by Crippen LogP contribution is 2.26. The molecule has 1 aliphatic rings. The van der Waals surface area contributed by atoms with Crippen LogP contribution in [0.15, 0.2) is 36.5 Å². The van der Waals surface area contributed by atoms with Crippen LogP contribution in [0.4, 0.5) is 11.5 Å². The zero-order valence-corrected chi connectivity index (χ0v) is 12.3. The molecule has 1 aromatic heterocycles. The molecule has 0 saturated heterocycles. The SMILES string of the molecule is Cc1ccc(C)c(NC(=O)c2cccnc2NC2CC2)c1. The molecule has 0 radical (unpaired) electrons. The van der Waals surface area contributed by atoms with Crippen LogP contribution in [0, 0.1) is 13.8 Å². The third-order valence-electron chi connectivity index (χ3n) is 3.61. The molecular formula is C17H19N3O. The second-order valence-corrected chi connectivity index (χ2v) is 5.59. The summed E-state index contributed by atoms with van der Waals surface area (Å²) in [5, 5.41) is 6.29. The quantitative estimate of drug-likeness (QED) is 0.901. The second-order valence-electron chi connectivity index (χ2n) is 5.59. The predicted molar refractivity (Wildman–Crippen MR) is 84.8 cm³/mol. The fourth-order valence-electron chi connectivity index (χ4n) is 2.18. The normalized spacial score (nSPS) is 13.8. The number of carbonyl (C=O) groups is 1. The number of nitrogens with zero attached hydrogens (tertiary/aromatic N) is 1. The Morgan fingerprint density at radius 3 is 2.81 bits per heavy atom. The molecule has 1 aliphatic carbocycles. The summed E-state index contributed by atoms with van der Waals surface area (Å²) in [6, 6.07) is 10.1. The Morgan fingerprint density at radius 2 is 2.05 bits per heavy atom. The third kappa shape index (κ3) is 3.21. The van der Waals surface area contributed by atoms with Gasteiger partial charge in [0.25, 0.3) is 5.91 Å². The van der Waals surface area contributed by atoms with Crippen LogP contribution in [-0.2, 0) is 0 Å². The van der Waals surface area contributed by atoms with Crippen molar-refractivity contribution < 1.29 is 4.79 Å². The lowest BCUT2D eigenvalue weighted by molar-refractivity contribution is 0.102. The number of hydrogen-bond acceptors (Lipinski definition) is 3. The van der Waals surface area contributed by atoms with Crippen molar-refractivity contribution in [1.82, 2.24) is 4.98 Å². The maximum absolute atomic E-state index is 12.5. The molecule has 1 aromatic carbocycles. The van der Waals surface area contributed by atoms with Crippen LogP contribution in [0.1, 0.15) is 34.3 Å². The molecule has 0 unspecified atom stereocenters. The van der Waals surface area contributed by atoms with E-state index >= 15 is 0 Å². The molecule has 2 N–H and O–H groups in total. The van der Waals surface area contributed by atoms with Gasteiger partial charge < -0.3 is 10.6 Å². The summed E-state index contributed by atoms with van der Waals surface area (Å²) < 4.78 is 0. The molecule has 108 valence electrons. The Balaban J connectivity index is 1.83. The van der Waals surface area contributed by atoms with Gasteiger partial charge in [-0.2, -0.15) is 0 Å². The summed E-state index contributed by atoms with van der Waals surface area (Å²) in [6.45, 7) is 4.00. The van der Waals surface area contributed by atoms with E-state index in [-0.39, 0.29) is 5.91 Å². The predicted octanol–water partition coefficient (Wildman–Crippen LogP) is 3.53. The summed E-state index contributed by atoms with van der Waals surface area (Å²) in [5.41, 5.74) is 3.61. The third-order valence-corrected chi connectivity index (χ3v) is 3.61. The molecule has 21 heavy (non-hydrogen) atoms. The zero-order valence-electron chi connectivity index (χ0n) is 12.3. The van der Waals surface area contributed by atoms with Crippen LogP contribution in [0.3, 0.4) is 0 Å². The van der Waals surface area contributed by atoms with E-state index in [1.54, 1.807) is 18.3 Å². The molecule has 4 heteroatoms. The standard InChI is InChI=1S/C17H19N3O/c1-11-5-6-12(2)15(10-11)20-17(21)14-4-3-9-18-16(14)19-13-7-8-13/h3-6,9-10,13H,7-8H2,1-2H3,(H,18,19)(H,20,21). The number of carbonyl (C=O) groups excluding carboxylic acids is 1. The van der Waals surface area contributed by atoms with Gasteiger partial charge in [-0.1, -0.05) is 12.1 Å². The highest BCUT2D eigenvalue weighted by molar-refractivity contribution is 6.07. The van der Waals surface area contributed by atoms with Crippen molar-refractivity contribution in [3.05, 3.63) is 53.2 Å². The number of amides is 1. The molecule has 0 aliphatic heterocycles. The molecule has 3 rings (SSSR count). The Morgan fingerprint density at radius 1 is 1.24 bits per heavy atom. The van der Waals surface area contributed by atoms with Gasteiger partial charge in [0.05, 0.1) is 5.56 Å². The molecule has 2 aromatic rings. The van der Waals surface area contributed by atoms with Crippen molar-refractivity contribution in [2.24, 2.45) is 0 Å². The first-order valence-corrected chi connectivity index (χ1v) is 7.23. The summed E-state index contributed by atoms with van der Waals surface area (Å²) in [5.74, 6) is 0.544. The van der Waals surface area contributed by atoms with Gasteiger partial charge in [-0.25, -0.2) is 4.98 Å². The average Bonchev–Trinajstić information content (AvgIpc) is 3.27. The van der Waals surface area contributed by atoms with Crippen molar-refractivity contribution in [2.45, 2.75) is 32.7 Å². The number of rotatable bonds is 4. The van der Waals surface area contributed by atoms with Gasteiger partial charge in [-0.15, -0.1) is 0 Å². The minimum absolute atomic E-state index is 0.125. The van der Waals surface area contributed by atoms with Crippen molar-refractivity contribution in [3.8, 4) is 0 Å². The summed E-state index contributed by atoms with van der Waals surface area (Å²) >= 11 is 0. The van der Waals surface area contributed by atoms with E-state index in [4.69, 9.17) is 0 Å². The fourth-order valence-corrected chi connectivity index (χ4v) is 2.18. The molecule has 0 atom stereocenters. The van der Waals surface area contributed by atoms with Crippen LogP contribution in [0.5, 0.6) is 0 Å². The van der Waals surface area contributed by atoms with Crippen molar-refractivity contribution in [1.29, 1.82) is 0 Å². The highest BCUT2D eigenvalue weighted by Gasteiger charge is 2.23. The van der Waals surface area contributed by atoms with Gasteiger partial charge in [0, 0.05) is 17.9 Å². The molecule has 4 nitrogen and oxygen atoms in total. The number of aryl methyl sites for hydroxylation is 2. The topological polar surface area (TPSA) is 54.0 Å². The van der Waals surface area contributed by atoms with Gasteiger partial charge in [0.15, 0.2) is 0 Å². The van der Waals surface area contributed by atoms with E-state index < -0.39 is 0 Å². The summed E-state index contributed by atoms with van der Waals surface area (Å²) in [4.78, 5) is 16.8. The first-order valence-electron chi connectivity index (χ1n) is 7.23. The lowest BCUT2D eigenvalue weighted by Gasteiger charge is -2.12. The first-order chi connectivity index (χ1) is 10.1. The van der Waals surface area contributed by atoms with Crippen LogP contribution >= 0.6 is 0 Å². The summed E-state index contributed by atoms with van der Waals surface area (Å²) in [6.07, 6.45) is 4.00.